The van der Waals surface area contributed by atoms with Crippen LogP contribution in [0, 0.1) is 11.8 Å². The van der Waals surface area contributed by atoms with Crippen LogP contribution in [0.25, 0.3) is 11.1 Å². The maximum Gasteiger partial charge on any atom is 0.433 e. The molecule has 0 spiro atoms. The van der Waals surface area contributed by atoms with E-state index in [9.17, 15) is 18.0 Å². The Labute approximate surface area is 188 Å². The first-order chi connectivity index (χ1) is 15.7. The zero-order valence-corrected chi connectivity index (χ0v) is 17.7. The van der Waals surface area contributed by atoms with Gasteiger partial charge in [0.2, 0.25) is 5.54 Å². The lowest BCUT2D eigenvalue weighted by atomic mass is 9.84. The van der Waals surface area contributed by atoms with Crippen LogP contribution < -0.4 is 5.73 Å². The molecule has 6 nitrogen and oxygen atoms in total. The lowest BCUT2D eigenvalue weighted by Gasteiger charge is -2.26. The van der Waals surface area contributed by atoms with Crippen LogP contribution in [-0.2, 0) is 16.5 Å². The van der Waals surface area contributed by atoms with Gasteiger partial charge in [-0.15, -0.1) is 5.92 Å². The number of carbonyl (C=O) groups is 1. The van der Waals surface area contributed by atoms with E-state index < -0.39 is 23.3 Å². The Hall–Kier alpha value is -4.19. The van der Waals surface area contributed by atoms with Crippen LogP contribution >= 0.6 is 0 Å². The minimum atomic E-state index is -4.69. The summed E-state index contributed by atoms with van der Waals surface area (Å²) < 4.78 is 40.1. The van der Waals surface area contributed by atoms with Crippen molar-refractivity contribution in [1.29, 1.82) is 0 Å². The van der Waals surface area contributed by atoms with Gasteiger partial charge in [0.15, 0.2) is 5.96 Å². The number of benzene rings is 1. The molecule has 0 aliphatic carbocycles. The second-order valence-electron chi connectivity index (χ2n) is 7.37. The van der Waals surface area contributed by atoms with Gasteiger partial charge < -0.3 is 5.73 Å². The molecule has 0 bridgehead atoms. The van der Waals surface area contributed by atoms with E-state index in [1.165, 1.54) is 19.2 Å². The minimum absolute atomic E-state index is 0.119. The summed E-state index contributed by atoms with van der Waals surface area (Å²) in [6.07, 6.45) is -1.43. The number of guanidine groups is 1. The molecule has 4 rings (SSSR count). The lowest BCUT2D eigenvalue weighted by molar-refractivity contribution is -0.141. The number of pyridine rings is 2. The fraction of sp³-hybridized carbons (Fsp3) is 0.167. The van der Waals surface area contributed by atoms with Crippen molar-refractivity contribution < 1.29 is 18.0 Å². The summed E-state index contributed by atoms with van der Waals surface area (Å²) in [6.45, 7) is 1.71. The molecule has 3 heterocycles. The SMILES string of the molecule is CC#Cc1cncc(-c2cccc(C3(c4cccc(C(F)(F)F)n4)N=C(N)N(C)C3=O)c2)c1. The van der Waals surface area contributed by atoms with Gasteiger partial charge in [-0.05, 0) is 42.3 Å². The topological polar surface area (TPSA) is 84.5 Å². The number of hydrogen-bond donors (Lipinski definition) is 1. The third-order valence-corrected chi connectivity index (χ3v) is 5.27. The monoisotopic (exact) mass is 449 g/mol. The Morgan fingerprint density at radius 1 is 1.06 bits per heavy atom. The van der Waals surface area contributed by atoms with Crippen LogP contribution in [0.5, 0.6) is 0 Å². The maximum absolute atomic E-state index is 13.4. The van der Waals surface area contributed by atoms with Crippen molar-refractivity contribution in [3.63, 3.8) is 0 Å². The molecule has 33 heavy (non-hydrogen) atoms. The van der Waals surface area contributed by atoms with Crippen molar-refractivity contribution in [2.75, 3.05) is 7.05 Å². The second-order valence-corrected chi connectivity index (χ2v) is 7.37. The number of amides is 1. The summed E-state index contributed by atoms with van der Waals surface area (Å²) >= 11 is 0. The van der Waals surface area contributed by atoms with E-state index >= 15 is 0 Å². The molecule has 0 saturated carbocycles. The predicted octanol–water partition coefficient (Wildman–Crippen LogP) is 3.56. The first kappa shape index (κ1) is 22.0. The van der Waals surface area contributed by atoms with Crippen molar-refractivity contribution in [3.05, 3.63) is 83.4 Å². The maximum atomic E-state index is 13.4. The number of hydrogen-bond acceptors (Lipinski definition) is 5. The van der Waals surface area contributed by atoms with Crippen LogP contribution in [0.4, 0.5) is 13.2 Å². The molecule has 0 saturated heterocycles. The number of carbonyl (C=O) groups excluding carboxylic acids is 1. The van der Waals surface area contributed by atoms with E-state index in [1.54, 1.807) is 43.6 Å². The third kappa shape index (κ3) is 3.80. The number of likely N-dealkylation sites (N-methyl/N-ethyl adjacent to an activating group) is 1. The number of alkyl halides is 3. The van der Waals surface area contributed by atoms with Gasteiger partial charge in [0.05, 0.1) is 5.69 Å². The van der Waals surface area contributed by atoms with Crippen LogP contribution in [0.3, 0.4) is 0 Å². The van der Waals surface area contributed by atoms with Gasteiger partial charge in [-0.2, -0.15) is 13.2 Å². The van der Waals surface area contributed by atoms with E-state index in [2.05, 4.69) is 26.8 Å². The Balaban J connectivity index is 1.93. The van der Waals surface area contributed by atoms with Crippen molar-refractivity contribution in [3.8, 4) is 23.0 Å². The van der Waals surface area contributed by atoms with Crippen LogP contribution in [-0.4, -0.2) is 33.8 Å². The average molecular weight is 449 g/mol. The Kier molecular flexibility index (Phi) is 5.38. The molecule has 1 aliphatic heterocycles. The molecule has 3 aromatic rings. The van der Waals surface area contributed by atoms with Gasteiger partial charge in [0.1, 0.15) is 5.69 Å². The molecule has 9 heteroatoms. The van der Waals surface area contributed by atoms with Gasteiger partial charge >= 0.3 is 6.18 Å². The molecule has 2 aromatic heterocycles. The van der Waals surface area contributed by atoms with E-state index in [0.717, 1.165) is 16.5 Å². The molecule has 0 radical (unpaired) electrons. The molecule has 1 aliphatic rings. The number of halogens is 3. The van der Waals surface area contributed by atoms with Gasteiger partial charge in [0.25, 0.3) is 5.91 Å². The molecule has 1 atom stereocenters. The zero-order valence-electron chi connectivity index (χ0n) is 17.7. The summed E-state index contributed by atoms with van der Waals surface area (Å²) in [7, 11) is 1.41. The Morgan fingerprint density at radius 3 is 2.48 bits per heavy atom. The molecule has 1 aromatic carbocycles. The van der Waals surface area contributed by atoms with Crippen LogP contribution in [0.15, 0.2) is 65.9 Å². The second kappa shape index (κ2) is 8.06. The zero-order chi connectivity index (χ0) is 23.8. The largest absolute Gasteiger partial charge is 0.433 e. The number of aliphatic imine (C=N–C) groups is 1. The van der Waals surface area contributed by atoms with Gasteiger partial charge in [-0.1, -0.05) is 30.2 Å². The first-order valence-electron chi connectivity index (χ1n) is 9.84. The molecule has 2 N–H and O–H groups in total. The van der Waals surface area contributed by atoms with Crippen molar-refractivity contribution >= 4 is 11.9 Å². The fourth-order valence-corrected chi connectivity index (χ4v) is 3.67. The highest BCUT2D eigenvalue weighted by Gasteiger charge is 2.51. The smallest absolute Gasteiger partial charge is 0.369 e. The lowest BCUT2D eigenvalue weighted by Crippen LogP contribution is -2.41. The van der Waals surface area contributed by atoms with Crippen molar-refractivity contribution in [2.24, 2.45) is 10.7 Å². The molecular formula is C24H18F3N5O. The summed E-state index contributed by atoms with van der Waals surface area (Å²) in [5.74, 6) is 5.02. The van der Waals surface area contributed by atoms with E-state index in [4.69, 9.17) is 5.73 Å². The molecule has 166 valence electrons. The first-order valence-corrected chi connectivity index (χ1v) is 9.84. The predicted molar refractivity (Wildman–Crippen MR) is 117 cm³/mol. The number of nitrogens with two attached hydrogens (primary N) is 1. The quantitative estimate of drug-likeness (QED) is 0.620. The normalized spacial score (nSPS) is 18.0. The summed E-state index contributed by atoms with van der Waals surface area (Å²) in [4.78, 5) is 26.8. The highest BCUT2D eigenvalue weighted by atomic mass is 19.4. The summed E-state index contributed by atoms with van der Waals surface area (Å²) in [6, 6.07) is 12.0. The van der Waals surface area contributed by atoms with Crippen molar-refractivity contribution in [2.45, 2.75) is 18.6 Å². The highest BCUT2D eigenvalue weighted by Crippen LogP contribution is 2.40. The van der Waals surface area contributed by atoms with Crippen LogP contribution in [0.1, 0.15) is 29.4 Å². The average Bonchev–Trinajstić information content (AvgIpc) is 3.04. The summed E-state index contributed by atoms with van der Waals surface area (Å²) in [5.41, 5.74) is 5.21. The van der Waals surface area contributed by atoms with Gasteiger partial charge in [-0.3, -0.25) is 14.7 Å². The highest BCUT2D eigenvalue weighted by molar-refractivity contribution is 6.08. The fourth-order valence-electron chi connectivity index (χ4n) is 3.67. The Morgan fingerprint density at radius 2 is 1.82 bits per heavy atom. The van der Waals surface area contributed by atoms with Gasteiger partial charge in [-0.25, -0.2) is 9.98 Å². The number of aromatic nitrogens is 2. The van der Waals surface area contributed by atoms with E-state index in [0.29, 0.717) is 16.7 Å². The summed E-state index contributed by atoms with van der Waals surface area (Å²) in [5, 5.41) is 0. The van der Waals surface area contributed by atoms with E-state index in [1.807, 2.05) is 6.07 Å². The van der Waals surface area contributed by atoms with Gasteiger partial charge in [0, 0.05) is 30.6 Å². The Bertz CT molecular complexity index is 1340. The molecule has 1 amide bonds. The molecular weight excluding hydrogens is 431 g/mol. The molecule has 1 unspecified atom stereocenters. The number of nitrogens with zero attached hydrogens (tertiary/aromatic N) is 4. The van der Waals surface area contributed by atoms with Crippen LogP contribution in [0.2, 0.25) is 0 Å². The minimum Gasteiger partial charge on any atom is -0.369 e. The molecule has 0 fully saturated rings. The standard InChI is InChI=1S/C24H18F3N5O/c1-3-6-15-11-17(14-29-13-15)16-7-4-8-18(12-16)23(21(33)32(2)22(28)31-23)19-9-5-10-20(30-19)24(25,26)27/h4-5,7-14H,1-2H3,(H2,28,31). The number of rotatable bonds is 3. The van der Waals surface area contributed by atoms with E-state index in [-0.39, 0.29) is 11.7 Å². The third-order valence-electron chi connectivity index (χ3n) is 5.27. The van der Waals surface area contributed by atoms with Crippen molar-refractivity contribution in [1.82, 2.24) is 14.9 Å².